The zero-order valence-corrected chi connectivity index (χ0v) is 14.4. The van der Waals surface area contributed by atoms with Crippen LogP contribution in [0, 0.1) is 12.3 Å². The number of nitrogens with zero attached hydrogens (tertiary/aromatic N) is 1. The third-order valence-electron chi connectivity index (χ3n) is 3.95. The van der Waals surface area contributed by atoms with Gasteiger partial charge >= 0.3 is 0 Å². The van der Waals surface area contributed by atoms with Crippen molar-refractivity contribution in [3.8, 4) is 5.75 Å². The molecule has 0 amide bonds. The van der Waals surface area contributed by atoms with E-state index in [1.165, 1.54) is 0 Å². The first kappa shape index (κ1) is 17.4. The molecule has 0 atom stereocenters. The van der Waals surface area contributed by atoms with E-state index in [1.807, 2.05) is 31.2 Å². The summed E-state index contributed by atoms with van der Waals surface area (Å²) < 4.78 is 5.78. The molecule has 2 aromatic carbocycles. The highest BCUT2D eigenvalue weighted by molar-refractivity contribution is 6.11. The summed E-state index contributed by atoms with van der Waals surface area (Å²) in [5.41, 5.74) is 8.56. The van der Waals surface area contributed by atoms with Crippen LogP contribution in [0.5, 0.6) is 5.75 Å². The lowest BCUT2D eigenvalue weighted by Gasteiger charge is -2.13. The Hall–Kier alpha value is -3.47. The summed E-state index contributed by atoms with van der Waals surface area (Å²) in [7, 11) is 0. The Morgan fingerprint density at radius 2 is 1.85 bits per heavy atom. The number of aryl methyl sites for hydroxylation is 1. The molecular weight excluding hydrogens is 326 g/mol. The Morgan fingerprint density at radius 1 is 1.08 bits per heavy atom. The van der Waals surface area contributed by atoms with Crippen molar-refractivity contribution in [1.29, 1.82) is 5.41 Å². The first-order chi connectivity index (χ1) is 12.6. The number of nitrogens with one attached hydrogen (secondary N) is 1. The van der Waals surface area contributed by atoms with Crippen molar-refractivity contribution in [2.75, 3.05) is 12.3 Å². The third kappa shape index (κ3) is 3.78. The normalized spacial score (nSPS) is 10.3. The van der Waals surface area contributed by atoms with Gasteiger partial charge in [0.25, 0.3) is 0 Å². The molecule has 0 aliphatic rings. The Bertz CT molecular complexity index is 952. The van der Waals surface area contributed by atoms with Gasteiger partial charge in [0, 0.05) is 17.3 Å². The Kier molecular flexibility index (Phi) is 5.08. The fourth-order valence-corrected chi connectivity index (χ4v) is 2.59. The van der Waals surface area contributed by atoms with Gasteiger partial charge in [0.05, 0.1) is 11.3 Å². The van der Waals surface area contributed by atoms with E-state index >= 15 is 0 Å². The molecule has 1 heterocycles. The summed E-state index contributed by atoms with van der Waals surface area (Å²) in [4.78, 5) is 16.8. The van der Waals surface area contributed by atoms with Gasteiger partial charge in [0.15, 0.2) is 5.78 Å². The van der Waals surface area contributed by atoms with Gasteiger partial charge in [-0.15, -0.1) is 0 Å². The molecule has 0 aliphatic carbocycles. The predicted molar refractivity (Wildman–Crippen MR) is 102 cm³/mol. The van der Waals surface area contributed by atoms with Crippen molar-refractivity contribution < 1.29 is 9.53 Å². The van der Waals surface area contributed by atoms with Crippen molar-refractivity contribution in [2.45, 2.75) is 6.92 Å². The molecule has 3 rings (SSSR count). The number of nitrogens with two attached hydrogens (primary N) is 1. The maximum atomic E-state index is 12.8. The van der Waals surface area contributed by atoms with Gasteiger partial charge in [-0.25, -0.2) is 4.98 Å². The van der Waals surface area contributed by atoms with Gasteiger partial charge in [-0.1, -0.05) is 42.0 Å². The molecule has 3 aromatic rings. The molecule has 5 nitrogen and oxygen atoms in total. The molecule has 0 aliphatic heterocycles. The highest BCUT2D eigenvalue weighted by Crippen LogP contribution is 2.24. The number of carbonyl (C=O) groups excluding carboxylic acids is 1. The number of ketones is 1. The van der Waals surface area contributed by atoms with Crippen LogP contribution in [0.15, 0.2) is 66.9 Å². The topological polar surface area (TPSA) is 89.1 Å². The molecule has 26 heavy (non-hydrogen) atoms. The monoisotopic (exact) mass is 345 g/mol. The Morgan fingerprint density at radius 3 is 2.58 bits per heavy atom. The lowest BCUT2D eigenvalue weighted by Crippen LogP contribution is -2.16. The van der Waals surface area contributed by atoms with E-state index in [1.54, 1.807) is 42.6 Å². The summed E-state index contributed by atoms with van der Waals surface area (Å²) in [6.45, 7) is 1.91. The molecule has 0 bridgehead atoms. The molecule has 0 spiro atoms. The van der Waals surface area contributed by atoms with Gasteiger partial charge < -0.3 is 15.9 Å². The standard InChI is InChI=1S/C21H19N3O2/c1-14-9-10-19(17(12-14)20(25)15-6-3-2-4-7-15)26-13-18(22)16-8-5-11-24-21(16)23/h2-12,22H,13H2,1H3,(H2,23,24). The molecule has 130 valence electrons. The van der Waals surface area contributed by atoms with E-state index in [-0.39, 0.29) is 23.9 Å². The third-order valence-corrected chi connectivity index (χ3v) is 3.95. The number of hydrogen-bond acceptors (Lipinski definition) is 5. The number of hydrogen-bond donors (Lipinski definition) is 2. The number of anilines is 1. The SMILES string of the molecule is Cc1ccc(OCC(=N)c2cccnc2N)c(C(=O)c2ccccc2)c1. The van der Waals surface area contributed by atoms with E-state index in [0.717, 1.165) is 5.56 Å². The van der Waals surface area contributed by atoms with E-state index < -0.39 is 0 Å². The van der Waals surface area contributed by atoms with E-state index in [2.05, 4.69) is 4.98 Å². The van der Waals surface area contributed by atoms with Crippen molar-refractivity contribution in [2.24, 2.45) is 0 Å². The lowest BCUT2D eigenvalue weighted by atomic mass is 10.0. The minimum absolute atomic E-state index is 0.00593. The van der Waals surface area contributed by atoms with Crippen LogP contribution in [-0.4, -0.2) is 23.1 Å². The van der Waals surface area contributed by atoms with E-state index in [4.69, 9.17) is 15.9 Å². The summed E-state index contributed by atoms with van der Waals surface area (Å²) in [5.74, 6) is 0.610. The summed E-state index contributed by atoms with van der Waals surface area (Å²) >= 11 is 0. The molecule has 5 heteroatoms. The van der Waals surface area contributed by atoms with Crippen molar-refractivity contribution in [3.63, 3.8) is 0 Å². The second-order valence-electron chi connectivity index (χ2n) is 5.90. The van der Waals surface area contributed by atoms with Gasteiger partial charge in [-0.2, -0.15) is 0 Å². The van der Waals surface area contributed by atoms with Crippen molar-refractivity contribution >= 4 is 17.3 Å². The predicted octanol–water partition coefficient (Wildman–Crippen LogP) is 3.65. The van der Waals surface area contributed by atoms with Crippen LogP contribution in [0.2, 0.25) is 0 Å². The minimum atomic E-state index is -0.114. The number of pyridine rings is 1. The highest BCUT2D eigenvalue weighted by atomic mass is 16.5. The van der Waals surface area contributed by atoms with Crippen LogP contribution in [0.3, 0.4) is 0 Å². The second kappa shape index (κ2) is 7.61. The molecule has 0 fully saturated rings. The fourth-order valence-electron chi connectivity index (χ4n) is 2.59. The molecule has 0 unspecified atom stereocenters. The summed E-state index contributed by atoms with van der Waals surface area (Å²) in [6, 6.07) is 17.9. The first-order valence-corrected chi connectivity index (χ1v) is 8.18. The smallest absolute Gasteiger partial charge is 0.196 e. The van der Waals surface area contributed by atoms with Crippen LogP contribution < -0.4 is 10.5 Å². The molecule has 0 saturated carbocycles. The lowest BCUT2D eigenvalue weighted by molar-refractivity contribution is 0.103. The Labute approximate surface area is 152 Å². The zero-order valence-electron chi connectivity index (χ0n) is 14.4. The molecular formula is C21H19N3O2. The quantitative estimate of drug-likeness (QED) is 0.527. The average molecular weight is 345 g/mol. The summed E-state index contributed by atoms with van der Waals surface area (Å²) in [6.07, 6.45) is 1.57. The van der Waals surface area contributed by atoms with Gasteiger partial charge in [-0.05, 0) is 31.2 Å². The molecule has 0 radical (unpaired) electrons. The first-order valence-electron chi connectivity index (χ1n) is 8.18. The second-order valence-corrected chi connectivity index (χ2v) is 5.90. The van der Waals surface area contributed by atoms with Gasteiger partial charge in [0.2, 0.25) is 0 Å². The van der Waals surface area contributed by atoms with Crippen LogP contribution >= 0.6 is 0 Å². The molecule has 0 saturated heterocycles. The minimum Gasteiger partial charge on any atom is -0.487 e. The summed E-state index contributed by atoms with van der Waals surface area (Å²) in [5, 5.41) is 8.17. The molecule has 3 N–H and O–H groups in total. The zero-order chi connectivity index (χ0) is 18.5. The number of rotatable bonds is 6. The maximum Gasteiger partial charge on any atom is 0.196 e. The van der Waals surface area contributed by atoms with E-state index in [9.17, 15) is 4.79 Å². The number of carbonyl (C=O) groups is 1. The van der Waals surface area contributed by atoms with Crippen LogP contribution in [0.25, 0.3) is 0 Å². The largest absolute Gasteiger partial charge is 0.487 e. The highest BCUT2D eigenvalue weighted by Gasteiger charge is 2.16. The van der Waals surface area contributed by atoms with Crippen LogP contribution in [0.4, 0.5) is 5.82 Å². The fraction of sp³-hybridized carbons (Fsp3) is 0.0952. The number of aromatic nitrogens is 1. The number of benzene rings is 2. The van der Waals surface area contributed by atoms with E-state index in [0.29, 0.717) is 22.4 Å². The Balaban J connectivity index is 1.84. The van der Waals surface area contributed by atoms with Gasteiger partial charge in [-0.3, -0.25) is 4.79 Å². The number of nitrogen functional groups attached to an aromatic ring is 1. The van der Waals surface area contributed by atoms with Crippen molar-refractivity contribution in [1.82, 2.24) is 4.98 Å². The average Bonchev–Trinajstić information content (AvgIpc) is 2.67. The van der Waals surface area contributed by atoms with Gasteiger partial charge in [0.1, 0.15) is 18.2 Å². The van der Waals surface area contributed by atoms with Crippen LogP contribution in [0.1, 0.15) is 27.0 Å². The van der Waals surface area contributed by atoms with Crippen LogP contribution in [-0.2, 0) is 0 Å². The van der Waals surface area contributed by atoms with Crippen molar-refractivity contribution in [3.05, 3.63) is 89.1 Å². The maximum absolute atomic E-state index is 12.8. The molecule has 1 aromatic heterocycles. The number of ether oxygens (including phenoxy) is 1.